The topological polar surface area (TPSA) is 105 Å². The predicted molar refractivity (Wildman–Crippen MR) is 93.2 cm³/mol. The number of benzene rings is 2. The molecule has 1 atom stereocenters. The highest BCUT2D eigenvalue weighted by atomic mass is 32.2. The molecule has 0 amide bonds. The summed E-state index contributed by atoms with van der Waals surface area (Å²) in [5, 5.41) is 0. The zero-order chi connectivity index (χ0) is 19.7. The molecular formula is C18H17NO6S. The van der Waals surface area contributed by atoms with E-state index in [0.717, 1.165) is 0 Å². The van der Waals surface area contributed by atoms with Crippen molar-refractivity contribution in [1.82, 2.24) is 0 Å². The van der Waals surface area contributed by atoms with E-state index in [0.29, 0.717) is 11.3 Å². The zero-order valence-electron chi connectivity index (χ0n) is 14.8. The highest BCUT2D eigenvalue weighted by Crippen LogP contribution is 2.33. The first-order chi connectivity index (χ1) is 12.7. The summed E-state index contributed by atoms with van der Waals surface area (Å²) >= 11 is 0. The van der Waals surface area contributed by atoms with Crippen LogP contribution in [-0.4, -0.2) is 21.3 Å². The van der Waals surface area contributed by atoms with Crippen molar-refractivity contribution in [3.05, 3.63) is 77.4 Å². The van der Waals surface area contributed by atoms with Crippen LogP contribution >= 0.6 is 0 Å². The van der Waals surface area contributed by atoms with Gasteiger partial charge in [0.05, 0.1) is 8.48 Å². The lowest BCUT2D eigenvalue weighted by Crippen LogP contribution is -2.16. The van der Waals surface area contributed by atoms with Crippen LogP contribution in [0.3, 0.4) is 0 Å². The summed E-state index contributed by atoms with van der Waals surface area (Å²) in [5.41, 5.74) is 6.26. The Morgan fingerprint density at radius 1 is 1.19 bits per heavy atom. The van der Waals surface area contributed by atoms with Crippen LogP contribution in [0.4, 0.5) is 0 Å². The van der Waals surface area contributed by atoms with Crippen LogP contribution in [0.5, 0.6) is 5.75 Å². The second kappa shape index (κ2) is 7.09. The first-order valence-electron chi connectivity index (χ1n) is 8.09. The third-order valence-corrected chi connectivity index (χ3v) is 4.68. The van der Waals surface area contributed by atoms with Gasteiger partial charge in [-0.25, -0.2) is 0 Å². The maximum atomic E-state index is 12.7. The molecule has 2 N–H and O–H groups in total. The van der Waals surface area contributed by atoms with Gasteiger partial charge in [-0.3, -0.25) is 4.79 Å². The quantitative estimate of drug-likeness (QED) is 0.769. The van der Waals surface area contributed by atoms with Crippen LogP contribution in [0.15, 0.2) is 66.2 Å². The van der Waals surface area contributed by atoms with E-state index in [9.17, 15) is 13.2 Å². The monoisotopic (exact) mass is 376 g/mol. The van der Waals surface area contributed by atoms with E-state index in [2.05, 4.69) is 0 Å². The molecule has 0 radical (unpaired) electrons. The van der Waals surface area contributed by atoms with Gasteiger partial charge in [-0.15, -0.1) is 0 Å². The van der Waals surface area contributed by atoms with E-state index in [4.69, 9.17) is 20.8 Å². The van der Waals surface area contributed by atoms with Crippen molar-refractivity contribution < 1.29 is 28.2 Å². The van der Waals surface area contributed by atoms with Crippen molar-refractivity contribution in [2.75, 3.05) is 7.11 Å². The van der Waals surface area contributed by atoms with Gasteiger partial charge in [-0.2, -0.15) is 8.42 Å². The van der Waals surface area contributed by atoms with Crippen molar-refractivity contribution in [2.24, 2.45) is 5.73 Å². The minimum Gasteiger partial charge on any atom is -0.497 e. The van der Waals surface area contributed by atoms with E-state index in [-0.39, 0.29) is 5.56 Å². The van der Waals surface area contributed by atoms with Crippen molar-refractivity contribution >= 4 is 15.9 Å². The van der Waals surface area contributed by atoms with E-state index in [1.807, 2.05) is 0 Å². The predicted octanol–water partition coefficient (Wildman–Crippen LogP) is 2.01. The third kappa shape index (κ3) is 3.80. The number of rotatable bonds is 6. The standard InChI is InChI=1S/C18H17NO6S/c1-23-14-9-5-8-13(10-14)16-15(20)17(18(19)24-16)25-26(21,22)11-12-6-3-2-4-7-12/h2-10,16H,11,19H2,1H3/i16D. The van der Waals surface area contributed by atoms with Gasteiger partial charge in [-0.1, -0.05) is 42.5 Å². The van der Waals surface area contributed by atoms with Crippen LogP contribution in [0.1, 0.15) is 18.6 Å². The van der Waals surface area contributed by atoms with Gasteiger partial charge in [0.1, 0.15) is 11.5 Å². The van der Waals surface area contributed by atoms with E-state index >= 15 is 0 Å². The Morgan fingerprint density at radius 3 is 2.62 bits per heavy atom. The average molecular weight is 376 g/mol. The zero-order valence-corrected chi connectivity index (χ0v) is 14.7. The number of nitrogens with two attached hydrogens (primary N) is 1. The molecule has 1 aliphatic rings. The van der Waals surface area contributed by atoms with Crippen LogP contribution in [0, 0.1) is 0 Å². The summed E-state index contributed by atoms with van der Waals surface area (Å²) in [7, 11) is -2.74. The van der Waals surface area contributed by atoms with Gasteiger partial charge < -0.3 is 19.4 Å². The molecule has 0 spiro atoms. The molecule has 0 fully saturated rings. The molecule has 0 saturated heterocycles. The number of carbonyl (C=O) groups excluding carboxylic acids is 1. The molecule has 0 saturated carbocycles. The molecule has 1 heterocycles. The molecular weight excluding hydrogens is 358 g/mol. The van der Waals surface area contributed by atoms with Gasteiger partial charge in [0.25, 0.3) is 0 Å². The molecule has 0 bridgehead atoms. The minimum atomic E-state index is -4.18. The fourth-order valence-corrected chi connectivity index (χ4v) is 3.46. The Bertz CT molecular complexity index is 1010. The molecule has 8 heteroatoms. The lowest BCUT2D eigenvalue weighted by Gasteiger charge is -2.11. The molecule has 1 aliphatic heterocycles. The van der Waals surface area contributed by atoms with Crippen molar-refractivity contribution in [3.8, 4) is 5.75 Å². The SMILES string of the molecule is [2H]C1(c2cccc(OC)c2)OC(N)=C(OS(=O)(=O)Cc2ccccc2)C1=O. The summed E-state index contributed by atoms with van der Waals surface area (Å²) in [6.45, 7) is 0. The van der Waals surface area contributed by atoms with Crippen LogP contribution in [-0.2, 0) is 29.6 Å². The lowest BCUT2D eigenvalue weighted by molar-refractivity contribution is -0.123. The van der Waals surface area contributed by atoms with Crippen LogP contribution < -0.4 is 10.5 Å². The molecule has 0 aromatic heterocycles. The van der Waals surface area contributed by atoms with E-state index in [1.54, 1.807) is 42.5 Å². The summed E-state index contributed by atoms with van der Waals surface area (Å²) in [6.07, 6.45) is -2.25. The van der Waals surface area contributed by atoms with Crippen LogP contribution in [0.25, 0.3) is 0 Å². The minimum absolute atomic E-state index is 0.133. The lowest BCUT2D eigenvalue weighted by atomic mass is 10.1. The van der Waals surface area contributed by atoms with Gasteiger partial charge in [0.15, 0.2) is 6.08 Å². The Morgan fingerprint density at radius 2 is 1.92 bits per heavy atom. The van der Waals surface area contributed by atoms with Crippen molar-refractivity contribution in [2.45, 2.75) is 11.8 Å². The number of hydrogen-bond donors (Lipinski definition) is 1. The second-order valence-electron chi connectivity index (χ2n) is 5.46. The second-order valence-corrected chi connectivity index (χ2v) is 7.03. The first-order valence-corrected chi connectivity index (χ1v) is 9.17. The molecule has 2 aromatic carbocycles. The molecule has 26 heavy (non-hydrogen) atoms. The van der Waals surface area contributed by atoms with Gasteiger partial charge in [0, 0.05) is 5.56 Å². The molecule has 0 aliphatic carbocycles. The van der Waals surface area contributed by atoms with Crippen LogP contribution in [0.2, 0.25) is 0 Å². The molecule has 3 rings (SSSR count). The highest BCUT2D eigenvalue weighted by Gasteiger charge is 2.39. The van der Waals surface area contributed by atoms with E-state index < -0.39 is 39.4 Å². The third-order valence-electron chi connectivity index (χ3n) is 3.58. The Kier molecular flexibility index (Phi) is 4.49. The Hall–Kier alpha value is -3.00. The normalized spacial score (nSPS) is 20.5. The molecule has 1 unspecified atom stereocenters. The summed E-state index contributed by atoms with van der Waals surface area (Å²) in [4.78, 5) is 12.7. The van der Waals surface area contributed by atoms with E-state index in [1.165, 1.54) is 19.2 Å². The number of Topliss-reactive ketones (excluding diaryl/α,β-unsaturated/α-hetero) is 1. The fraction of sp³-hybridized carbons (Fsp3) is 0.167. The van der Waals surface area contributed by atoms with Gasteiger partial charge >= 0.3 is 10.1 Å². The molecule has 7 nitrogen and oxygen atoms in total. The summed E-state index contributed by atoms with van der Waals surface area (Å²) in [5.74, 6) is -2.33. The first kappa shape index (κ1) is 16.5. The molecule has 136 valence electrons. The van der Waals surface area contributed by atoms with Crippen molar-refractivity contribution in [3.63, 3.8) is 0 Å². The summed E-state index contributed by atoms with van der Waals surface area (Å²) < 4.78 is 48.1. The maximum Gasteiger partial charge on any atom is 0.313 e. The number of ether oxygens (including phenoxy) is 2. The summed E-state index contributed by atoms with van der Waals surface area (Å²) in [6, 6.07) is 14.4. The van der Waals surface area contributed by atoms with Crippen molar-refractivity contribution in [1.29, 1.82) is 0 Å². The number of methoxy groups -OCH3 is 1. The maximum absolute atomic E-state index is 12.7. The Labute approximate surface area is 152 Å². The van der Waals surface area contributed by atoms with Gasteiger partial charge in [0.2, 0.25) is 17.4 Å². The Balaban J connectivity index is 1.85. The molecule has 2 aromatic rings. The highest BCUT2D eigenvalue weighted by molar-refractivity contribution is 7.86. The average Bonchev–Trinajstić information content (AvgIpc) is 2.86. The fourth-order valence-electron chi connectivity index (χ4n) is 2.39. The number of hydrogen-bond acceptors (Lipinski definition) is 7. The largest absolute Gasteiger partial charge is 0.497 e. The number of ketones is 1. The smallest absolute Gasteiger partial charge is 0.313 e. The van der Waals surface area contributed by atoms with Gasteiger partial charge in [-0.05, 0) is 17.7 Å². The number of carbonyl (C=O) groups is 1.